The average Bonchev–Trinajstić information content (AvgIpc) is 3.04. The van der Waals surface area contributed by atoms with Crippen molar-refractivity contribution in [1.82, 2.24) is 4.90 Å². The summed E-state index contributed by atoms with van der Waals surface area (Å²) in [6, 6.07) is 12.8. The van der Waals surface area contributed by atoms with Gasteiger partial charge in [-0.15, -0.1) is 11.3 Å². The second-order valence-electron chi connectivity index (χ2n) is 5.04. The number of benzene rings is 1. The summed E-state index contributed by atoms with van der Waals surface area (Å²) < 4.78 is 5.21. The van der Waals surface area contributed by atoms with E-state index in [1.54, 1.807) is 41.5 Å². The van der Waals surface area contributed by atoms with Crippen LogP contribution in [0.4, 0.5) is 0 Å². The molecule has 0 saturated heterocycles. The molecule has 0 saturated carbocycles. The summed E-state index contributed by atoms with van der Waals surface area (Å²) in [5.74, 6) is -0.309. The Morgan fingerprint density at radius 2 is 2.05 bits per heavy atom. The minimum Gasteiger partial charge on any atom is -0.422 e. The molecule has 0 spiro atoms. The zero-order chi connectivity index (χ0) is 15.5. The zero-order valence-corrected chi connectivity index (χ0v) is 12.9. The van der Waals surface area contributed by atoms with Crippen molar-refractivity contribution < 1.29 is 9.21 Å². The van der Waals surface area contributed by atoms with Gasteiger partial charge in [0.05, 0.1) is 0 Å². The molecule has 112 valence electrons. The first-order valence-corrected chi connectivity index (χ1v) is 7.84. The van der Waals surface area contributed by atoms with Crippen molar-refractivity contribution in [2.45, 2.75) is 6.42 Å². The molecule has 2 heterocycles. The average molecular weight is 313 g/mol. The summed E-state index contributed by atoms with van der Waals surface area (Å²) in [6.45, 7) is 0.561. The van der Waals surface area contributed by atoms with Gasteiger partial charge in [0.15, 0.2) is 0 Å². The number of rotatable bonds is 4. The predicted octanol–water partition coefficient (Wildman–Crippen LogP) is 3.17. The van der Waals surface area contributed by atoms with Crippen LogP contribution in [0.1, 0.15) is 15.2 Å². The molecule has 1 aromatic carbocycles. The van der Waals surface area contributed by atoms with Crippen molar-refractivity contribution in [2.75, 3.05) is 13.6 Å². The van der Waals surface area contributed by atoms with Crippen LogP contribution in [0.25, 0.3) is 11.0 Å². The van der Waals surface area contributed by atoms with E-state index in [1.165, 1.54) is 4.88 Å². The molecule has 3 aromatic rings. The number of para-hydroxylation sites is 1. The lowest BCUT2D eigenvalue weighted by Gasteiger charge is -2.16. The van der Waals surface area contributed by atoms with Crippen LogP contribution in [-0.2, 0) is 6.42 Å². The lowest BCUT2D eigenvalue weighted by Crippen LogP contribution is -2.32. The minimum absolute atomic E-state index is 0.0763. The van der Waals surface area contributed by atoms with Gasteiger partial charge in [-0.2, -0.15) is 0 Å². The number of fused-ring (bicyclic) bond motifs is 1. The molecule has 0 aliphatic carbocycles. The monoisotopic (exact) mass is 313 g/mol. The third-order valence-electron chi connectivity index (χ3n) is 3.49. The van der Waals surface area contributed by atoms with Crippen molar-refractivity contribution in [3.8, 4) is 0 Å². The van der Waals surface area contributed by atoms with E-state index in [0.717, 1.165) is 11.8 Å². The van der Waals surface area contributed by atoms with Gasteiger partial charge in [0.1, 0.15) is 11.1 Å². The van der Waals surface area contributed by atoms with Crippen LogP contribution >= 0.6 is 11.3 Å². The maximum Gasteiger partial charge on any atom is 0.349 e. The van der Waals surface area contributed by atoms with E-state index < -0.39 is 5.63 Å². The highest BCUT2D eigenvalue weighted by molar-refractivity contribution is 7.09. The highest BCUT2D eigenvalue weighted by atomic mass is 32.1. The van der Waals surface area contributed by atoms with Gasteiger partial charge in [-0.05, 0) is 30.0 Å². The van der Waals surface area contributed by atoms with E-state index in [4.69, 9.17) is 4.42 Å². The number of hydrogen-bond donors (Lipinski definition) is 0. The number of amides is 1. The number of nitrogens with zero attached hydrogens (tertiary/aromatic N) is 1. The predicted molar refractivity (Wildman–Crippen MR) is 87.5 cm³/mol. The third kappa shape index (κ3) is 2.94. The number of carbonyl (C=O) groups is 1. The van der Waals surface area contributed by atoms with Crippen LogP contribution in [0.2, 0.25) is 0 Å². The number of likely N-dealkylation sites (N-methyl/N-ethyl adjacent to an activating group) is 1. The molecular formula is C17H15NO3S. The Morgan fingerprint density at radius 3 is 2.82 bits per heavy atom. The first-order valence-electron chi connectivity index (χ1n) is 6.96. The lowest BCUT2D eigenvalue weighted by molar-refractivity contribution is 0.0793. The van der Waals surface area contributed by atoms with Gasteiger partial charge in [0.2, 0.25) is 0 Å². The van der Waals surface area contributed by atoms with Crippen LogP contribution in [0.3, 0.4) is 0 Å². The van der Waals surface area contributed by atoms with E-state index in [1.807, 2.05) is 29.6 Å². The summed E-state index contributed by atoms with van der Waals surface area (Å²) in [5.41, 5.74) is -0.0238. The number of hydrogen-bond acceptors (Lipinski definition) is 4. The van der Waals surface area contributed by atoms with Crippen LogP contribution in [0, 0.1) is 0 Å². The molecular weight excluding hydrogens is 298 g/mol. The molecule has 0 atom stereocenters. The number of carbonyl (C=O) groups excluding carboxylic acids is 1. The van der Waals surface area contributed by atoms with E-state index in [0.29, 0.717) is 12.1 Å². The second-order valence-corrected chi connectivity index (χ2v) is 6.07. The summed E-state index contributed by atoms with van der Waals surface area (Å²) in [7, 11) is 1.70. The molecule has 0 bridgehead atoms. The third-order valence-corrected chi connectivity index (χ3v) is 4.43. The maximum atomic E-state index is 12.4. The van der Waals surface area contributed by atoms with Gasteiger partial charge in [0, 0.05) is 23.9 Å². The van der Waals surface area contributed by atoms with Crippen LogP contribution < -0.4 is 5.63 Å². The molecule has 2 aromatic heterocycles. The Bertz CT molecular complexity index is 852. The molecule has 5 heteroatoms. The van der Waals surface area contributed by atoms with Crippen molar-refractivity contribution in [2.24, 2.45) is 0 Å². The van der Waals surface area contributed by atoms with Gasteiger partial charge >= 0.3 is 5.63 Å². The fourth-order valence-electron chi connectivity index (χ4n) is 2.25. The van der Waals surface area contributed by atoms with E-state index in [9.17, 15) is 9.59 Å². The standard InChI is InChI=1S/C17H15NO3S/c1-18(9-8-13-6-4-10-22-13)16(19)14-11-12-5-2-3-7-15(12)21-17(14)20/h2-7,10-11H,8-9H2,1H3. The molecule has 0 fully saturated rings. The largest absolute Gasteiger partial charge is 0.422 e. The molecule has 0 aliphatic heterocycles. The topological polar surface area (TPSA) is 50.5 Å². The summed E-state index contributed by atoms with van der Waals surface area (Å²) in [6.07, 6.45) is 0.777. The first kappa shape index (κ1) is 14.5. The molecule has 0 aliphatic rings. The normalized spacial score (nSPS) is 10.8. The highest BCUT2D eigenvalue weighted by Gasteiger charge is 2.17. The van der Waals surface area contributed by atoms with Gasteiger partial charge < -0.3 is 9.32 Å². The SMILES string of the molecule is CN(CCc1cccs1)C(=O)c1cc2ccccc2oc1=O. The van der Waals surface area contributed by atoms with Crippen LogP contribution in [0.15, 0.2) is 57.1 Å². The summed E-state index contributed by atoms with van der Waals surface area (Å²) in [5, 5.41) is 2.76. The quantitative estimate of drug-likeness (QED) is 0.695. The second kappa shape index (κ2) is 6.15. The molecule has 4 nitrogen and oxygen atoms in total. The molecule has 3 rings (SSSR count). The van der Waals surface area contributed by atoms with Gasteiger partial charge in [-0.1, -0.05) is 24.3 Å². The summed E-state index contributed by atoms with van der Waals surface area (Å²) in [4.78, 5) is 27.2. The molecule has 1 amide bonds. The van der Waals surface area contributed by atoms with Gasteiger partial charge in [-0.3, -0.25) is 4.79 Å². The number of thiophene rings is 1. The van der Waals surface area contributed by atoms with Crippen molar-refractivity contribution in [3.63, 3.8) is 0 Å². The highest BCUT2D eigenvalue weighted by Crippen LogP contribution is 2.14. The Balaban J connectivity index is 1.81. The Morgan fingerprint density at radius 1 is 1.23 bits per heavy atom. The minimum atomic E-state index is -0.591. The van der Waals surface area contributed by atoms with E-state index >= 15 is 0 Å². The van der Waals surface area contributed by atoms with Crippen LogP contribution in [0.5, 0.6) is 0 Å². The van der Waals surface area contributed by atoms with E-state index in [2.05, 4.69) is 0 Å². The molecule has 0 radical (unpaired) electrons. The summed E-state index contributed by atoms with van der Waals surface area (Å²) >= 11 is 1.66. The van der Waals surface area contributed by atoms with Gasteiger partial charge in [0.25, 0.3) is 5.91 Å². The van der Waals surface area contributed by atoms with Crippen LogP contribution in [-0.4, -0.2) is 24.4 Å². The lowest BCUT2D eigenvalue weighted by atomic mass is 10.1. The fraction of sp³-hybridized carbons (Fsp3) is 0.176. The maximum absolute atomic E-state index is 12.4. The van der Waals surface area contributed by atoms with Crippen molar-refractivity contribution in [1.29, 1.82) is 0 Å². The Hall–Kier alpha value is -2.40. The molecule has 0 N–H and O–H groups in total. The smallest absolute Gasteiger partial charge is 0.349 e. The fourth-order valence-corrected chi connectivity index (χ4v) is 2.95. The van der Waals surface area contributed by atoms with E-state index in [-0.39, 0.29) is 11.5 Å². The Kier molecular flexibility index (Phi) is 4.06. The molecule has 22 heavy (non-hydrogen) atoms. The zero-order valence-electron chi connectivity index (χ0n) is 12.1. The first-order chi connectivity index (χ1) is 10.6. The van der Waals surface area contributed by atoms with Crippen molar-refractivity contribution in [3.05, 3.63) is 68.7 Å². The van der Waals surface area contributed by atoms with Gasteiger partial charge in [-0.25, -0.2) is 4.79 Å². The Labute approximate surface area is 131 Å². The van der Waals surface area contributed by atoms with Crippen molar-refractivity contribution >= 4 is 28.2 Å². The molecule has 0 unspecified atom stereocenters.